The lowest BCUT2D eigenvalue weighted by molar-refractivity contribution is -0.113. The highest BCUT2D eigenvalue weighted by atomic mass is 35.5. The van der Waals surface area contributed by atoms with Crippen molar-refractivity contribution in [3.63, 3.8) is 0 Å². The van der Waals surface area contributed by atoms with Gasteiger partial charge >= 0.3 is 0 Å². The normalized spacial score (nSPS) is 15.9. The van der Waals surface area contributed by atoms with Crippen LogP contribution < -0.4 is 10.1 Å². The van der Waals surface area contributed by atoms with Gasteiger partial charge in [-0.25, -0.2) is 0 Å². The fraction of sp³-hybridized carbons (Fsp3) is 0.440. The number of fused-ring (bicyclic) bond motifs is 1. The molecular weight excluding hydrogens is 502 g/mol. The van der Waals surface area contributed by atoms with E-state index in [0.29, 0.717) is 27.5 Å². The number of halogens is 1. The van der Waals surface area contributed by atoms with Gasteiger partial charge in [0.05, 0.1) is 11.3 Å². The van der Waals surface area contributed by atoms with E-state index in [1.54, 1.807) is 0 Å². The van der Waals surface area contributed by atoms with E-state index < -0.39 is 0 Å². The topological polar surface area (TPSA) is 92.8 Å². The minimum atomic E-state index is -0.339. The Kier molecular flexibility index (Phi) is 7.74. The standard InChI is InChI=1S/C25H28ClN5O2S2/c1-13-6-7-18-19(11-27)24(35-20(18)8-13)28-21(32)12-34-25-30-29-23(31(25)5)16(4)33-17-9-14(2)22(26)15(3)10-17/h9-10,13,16H,6-8,12H2,1-5H3,(H,28,32). The molecule has 3 aromatic rings. The zero-order chi connectivity index (χ0) is 25.3. The predicted molar refractivity (Wildman–Crippen MR) is 141 cm³/mol. The van der Waals surface area contributed by atoms with E-state index in [4.69, 9.17) is 16.3 Å². The van der Waals surface area contributed by atoms with Gasteiger partial charge in [0, 0.05) is 16.9 Å². The number of nitrogens with zero attached hydrogens (tertiary/aromatic N) is 4. The number of rotatable bonds is 7. The molecule has 35 heavy (non-hydrogen) atoms. The molecule has 2 unspecified atom stereocenters. The summed E-state index contributed by atoms with van der Waals surface area (Å²) in [4.78, 5) is 13.9. The minimum absolute atomic E-state index is 0.167. The number of carbonyl (C=O) groups is 1. The Labute approximate surface area is 218 Å². The average molecular weight is 530 g/mol. The fourth-order valence-electron chi connectivity index (χ4n) is 4.29. The van der Waals surface area contributed by atoms with Crippen LogP contribution in [0.3, 0.4) is 0 Å². The molecule has 0 spiro atoms. The van der Waals surface area contributed by atoms with Crippen molar-refractivity contribution in [2.75, 3.05) is 11.1 Å². The molecule has 1 amide bonds. The number of thioether (sulfide) groups is 1. The number of amides is 1. The lowest BCUT2D eigenvalue weighted by Crippen LogP contribution is -2.15. The third-order valence-corrected chi connectivity index (χ3v) is 8.95. The van der Waals surface area contributed by atoms with Crippen molar-refractivity contribution in [3.05, 3.63) is 50.1 Å². The van der Waals surface area contributed by atoms with Crippen LogP contribution in [0.25, 0.3) is 0 Å². The first kappa shape index (κ1) is 25.5. The molecule has 7 nitrogen and oxygen atoms in total. The van der Waals surface area contributed by atoms with Crippen LogP contribution in [-0.2, 0) is 24.7 Å². The van der Waals surface area contributed by atoms with Gasteiger partial charge in [-0.2, -0.15) is 5.26 Å². The molecule has 0 fully saturated rings. The summed E-state index contributed by atoms with van der Waals surface area (Å²) in [7, 11) is 1.86. The van der Waals surface area contributed by atoms with Gasteiger partial charge in [-0.3, -0.25) is 4.79 Å². The number of nitriles is 1. The number of hydrogen-bond acceptors (Lipinski definition) is 7. The molecular formula is C25H28ClN5O2S2. The molecule has 4 rings (SSSR count). The number of nitrogens with one attached hydrogen (secondary N) is 1. The summed E-state index contributed by atoms with van der Waals surface area (Å²) in [5.74, 6) is 1.98. The Hall–Kier alpha value is -2.54. The quantitative estimate of drug-likeness (QED) is 0.376. The second-order valence-corrected chi connectivity index (χ2v) is 11.5. The van der Waals surface area contributed by atoms with Crippen molar-refractivity contribution >= 4 is 45.6 Å². The summed E-state index contributed by atoms with van der Waals surface area (Å²) in [5, 5.41) is 23.1. The Morgan fingerprint density at radius 1 is 1.40 bits per heavy atom. The molecule has 0 saturated heterocycles. The van der Waals surface area contributed by atoms with Gasteiger partial charge in [-0.05, 0) is 74.8 Å². The van der Waals surface area contributed by atoms with Crippen LogP contribution in [0.1, 0.15) is 59.3 Å². The number of aryl methyl sites for hydroxylation is 2. The number of carbonyl (C=O) groups excluding carboxylic acids is 1. The third kappa shape index (κ3) is 5.50. The molecule has 0 aliphatic heterocycles. The van der Waals surface area contributed by atoms with Crippen LogP contribution >= 0.6 is 34.7 Å². The van der Waals surface area contributed by atoms with E-state index in [9.17, 15) is 10.1 Å². The highest BCUT2D eigenvalue weighted by Gasteiger charge is 2.25. The molecule has 184 valence electrons. The van der Waals surface area contributed by atoms with Crippen LogP contribution in [0.5, 0.6) is 5.75 Å². The van der Waals surface area contributed by atoms with Crippen LogP contribution in [0.2, 0.25) is 5.02 Å². The van der Waals surface area contributed by atoms with Crippen LogP contribution in [0, 0.1) is 31.1 Å². The monoisotopic (exact) mass is 529 g/mol. The molecule has 2 aromatic heterocycles. The Morgan fingerprint density at radius 3 is 2.80 bits per heavy atom. The first-order valence-corrected chi connectivity index (χ1v) is 13.7. The van der Waals surface area contributed by atoms with E-state index >= 15 is 0 Å². The second-order valence-electron chi connectivity index (χ2n) is 9.04. The summed E-state index contributed by atoms with van der Waals surface area (Å²) in [6.45, 7) is 8.02. The third-order valence-electron chi connectivity index (χ3n) is 6.16. The van der Waals surface area contributed by atoms with Crippen molar-refractivity contribution in [1.82, 2.24) is 14.8 Å². The first-order valence-electron chi connectivity index (χ1n) is 11.5. The number of ether oxygens (including phenoxy) is 1. The fourth-order valence-corrected chi connectivity index (χ4v) is 6.49. The number of benzene rings is 1. The van der Waals surface area contributed by atoms with Gasteiger partial charge in [0.2, 0.25) is 5.91 Å². The van der Waals surface area contributed by atoms with Crippen LogP contribution in [-0.4, -0.2) is 26.4 Å². The number of thiophene rings is 1. The Bertz CT molecular complexity index is 1290. The summed E-state index contributed by atoms with van der Waals surface area (Å²) >= 11 is 9.09. The molecule has 1 aromatic carbocycles. The van der Waals surface area contributed by atoms with Crippen LogP contribution in [0.4, 0.5) is 5.00 Å². The van der Waals surface area contributed by atoms with Crippen molar-refractivity contribution in [1.29, 1.82) is 5.26 Å². The lowest BCUT2D eigenvalue weighted by Gasteiger charge is -2.17. The van der Waals surface area contributed by atoms with Gasteiger partial charge < -0.3 is 14.6 Å². The minimum Gasteiger partial charge on any atom is -0.483 e. The largest absolute Gasteiger partial charge is 0.483 e. The molecule has 1 N–H and O–H groups in total. The SMILES string of the molecule is Cc1cc(OC(C)c2nnc(SCC(=O)Nc3sc4c(c3C#N)CCC(C)C4)n2C)cc(C)c1Cl. The van der Waals surface area contributed by atoms with Gasteiger partial charge in [0.1, 0.15) is 16.8 Å². The second kappa shape index (κ2) is 10.6. The molecule has 0 bridgehead atoms. The lowest BCUT2D eigenvalue weighted by atomic mass is 9.89. The maximum absolute atomic E-state index is 12.7. The highest BCUT2D eigenvalue weighted by molar-refractivity contribution is 7.99. The first-order chi connectivity index (χ1) is 16.7. The molecule has 10 heteroatoms. The summed E-state index contributed by atoms with van der Waals surface area (Å²) in [5.41, 5.74) is 3.64. The summed E-state index contributed by atoms with van der Waals surface area (Å²) in [6, 6.07) is 6.10. The zero-order valence-corrected chi connectivity index (χ0v) is 22.8. The summed E-state index contributed by atoms with van der Waals surface area (Å²) < 4.78 is 7.93. The van der Waals surface area contributed by atoms with Crippen molar-refractivity contribution in [2.45, 2.75) is 58.2 Å². The van der Waals surface area contributed by atoms with Gasteiger partial charge in [-0.1, -0.05) is 30.3 Å². The highest BCUT2D eigenvalue weighted by Crippen LogP contribution is 2.39. The maximum atomic E-state index is 12.7. The van der Waals surface area contributed by atoms with Crippen molar-refractivity contribution < 1.29 is 9.53 Å². The Balaban J connectivity index is 1.39. The van der Waals surface area contributed by atoms with Gasteiger partial charge in [-0.15, -0.1) is 21.5 Å². The van der Waals surface area contributed by atoms with Gasteiger partial charge in [0.25, 0.3) is 0 Å². The molecule has 2 atom stereocenters. The van der Waals surface area contributed by atoms with Crippen molar-refractivity contribution in [2.24, 2.45) is 13.0 Å². The predicted octanol–water partition coefficient (Wildman–Crippen LogP) is 6.01. The number of anilines is 1. The Morgan fingerprint density at radius 2 is 2.11 bits per heavy atom. The maximum Gasteiger partial charge on any atom is 0.235 e. The molecule has 0 radical (unpaired) electrons. The zero-order valence-electron chi connectivity index (χ0n) is 20.4. The molecule has 2 heterocycles. The molecule has 0 saturated carbocycles. The van der Waals surface area contributed by atoms with E-state index in [1.165, 1.54) is 28.0 Å². The van der Waals surface area contributed by atoms with E-state index in [2.05, 4.69) is 28.5 Å². The average Bonchev–Trinajstić information content (AvgIpc) is 3.34. The van der Waals surface area contributed by atoms with E-state index in [-0.39, 0.29) is 17.8 Å². The van der Waals surface area contributed by atoms with Crippen molar-refractivity contribution in [3.8, 4) is 11.8 Å². The smallest absolute Gasteiger partial charge is 0.235 e. The number of hydrogen-bond donors (Lipinski definition) is 1. The van der Waals surface area contributed by atoms with E-state index in [1.807, 2.05) is 44.5 Å². The summed E-state index contributed by atoms with van der Waals surface area (Å²) in [6.07, 6.45) is 2.61. The molecule has 1 aliphatic rings. The van der Waals surface area contributed by atoms with E-state index in [0.717, 1.165) is 46.7 Å². The molecule has 1 aliphatic carbocycles. The van der Waals surface area contributed by atoms with Gasteiger partial charge in [0.15, 0.2) is 17.1 Å². The van der Waals surface area contributed by atoms with Crippen LogP contribution in [0.15, 0.2) is 17.3 Å². The number of aromatic nitrogens is 3.